The van der Waals surface area contributed by atoms with E-state index in [0.717, 1.165) is 42.8 Å². The summed E-state index contributed by atoms with van der Waals surface area (Å²) >= 11 is 3.69. The number of allylic oxidation sites excluding steroid dienone is 4. The van der Waals surface area contributed by atoms with Gasteiger partial charge in [0.25, 0.3) is 0 Å². The summed E-state index contributed by atoms with van der Waals surface area (Å²) in [6.07, 6.45) is 14.1. The van der Waals surface area contributed by atoms with Crippen molar-refractivity contribution in [2.75, 3.05) is 5.32 Å². The van der Waals surface area contributed by atoms with E-state index < -0.39 is 0 Å². The van der Waals surface area contributed by atoms with E-state index in [1.807, 2.05) is 11.8 Å². The van der Waals surface area contributed by atoms with Gasteiger partial charge in [-0.25, -0.2) is 4.98 Å². The maximum atomic E-state index is 5.10. The molecule has 0 radical (unpaired) electrons. The summed E-state index contributed by atoms with van der Waals surface area (Å²) < 4.78 is 3.72. The molecule has 1 unspecified atom stereocenters. The van der Waals surface area contributed by atoms with E-state index in [9.17, 15) is 0 Å². The van der Waals surface area contributed by atoms with Crippen LogP contribution in [-0.2, 0) is 6.54 Å². The minimum atomic E-state index is 0.206. The van der Waals surface area contributed by atoms with E-state index in [4.69, 9.17) is 4.98 Å². The number of hydrogen-bond donors (Lipinski definition) is 1. The molecule has 8 rings (SSSR count). The maximum absolute atomic E-state index is 5.10. The van der Waals surface area contributed by atoms with Gasteiger partial charge in [0.15, 0.2) is 0 Å². The molecule has 1 aliphatic heterocycles. The second-order valence-electron chi connectivity index (χ2n) is 11.4. The first kappa shape index (κ1) is 25.2. The third-order valence-corrected chi connectivity index (χ3v) is 11.1. The van der Waals surface area contributed by atoms with Gasteiger partial charge in [-0.3, -0.25) is 0 Å². The first-order valence-corrected chi connectivity index (χ1v) is 16.5. The molecule has 2 aromatic heterocycles. The molecule has 2 aliphatic carbocycles. The molecule has 5 heteroatoms. The van der Waals surface area contributed by atoms with Crippen LogP contribution in [-0.4, -0.2) is 9.55 Å². The van der Waals surface area contributed by atoms with Crippen molar-refractivity contribution in [3.05, 3.63) is 93.5 Å². The van der Waals surface area contributed by atoms with Crippen molar-refractivity contribution in [2.24, 2.45) is 0 Å². The summed E-state index contributed by atoms with van der Waals surface area (Å²) in [5.41, 5.74) is 11.6. The van der Waals surface area contributed by atoms with Gasteiger partial charge in [-0.2, -0.15) is 0 Å². The summed E-state index contributed by atoms with van der Waals surface area (Å²) in [7, 11) is 0. The molecule has 3 aromatic carbocycles. The van der Waals surface area contributed by atoms with E-state index in [1.54, 1.807) is 11.3 Å². The van der Waals surface area contributed by atoms with Crippen LogP contribution in [0.4, 0.5) is 5.69 Å². The van der Waals surface area contributed by atoms with Crippen molar-refractivity contribution in [1.82, 2.24) is 9.55 Å². The Morgan fingerprint density at radius 3 is 2.63 bits per heavy atom. The van der Waals surface area contributed by atoms with Crippen LogP contribution in [0.25, 0.3) is 49.4 Å². The van der Waals surface area contributed by atoms with Gasteiger partial charge in [-0.1, -0.05) is 60.3 Å². The van der Waals surface area contributed by atoms with Crippen molar-refractivity contribution in [2.45, 2.75) is 63.3 Å². The molecule has 0 spiro atoms. The smallest absolute Gasteiger partial charge is 0.124 e. The first-order chi connectivity index (χ1) is 20.1. The fourth-order valence-electron chi connectivity index (χ4n) is 6.76. The lowest BCUT2D eigenvalue weighted by atomic mass is 9.90. The molecule has 3 heterocycles. The molecule has 0 saturated carbocycles. The number of benzene rings is 3. The van der Waals surface area contributed by atoms with Crippen LogP contribution in [0.2, 0.25) is 0 Å². The molecule has 5 aromatic rings. The number of fused-ring (bicyclic) bond motifs is 5. The summed E-state index contributed by atoms with van der Waals surface area (Å²) in [5.74, 6) is 0. The fraction of sp³-hybridized carbons (Fsp3) is 0.250. The van der Waals surface area contributed by atoms with Gasteiger partial charge < -0.3 is 9.88 Å². The van der Waals surface area contributed by atoms with Gasteiger partial charge >= 0.3 is 0 Å². The van der Waals surface area contributed by atoms with Crippen LogP contribution < -0.4 is 15.9 Å². The lowest BCUT2D eigenvalue weighted by Crippen LogP contribution is -2.30. The lowest BCUT2D eigenvalue weighted by Gasteiger charge is -2.16. The Morgan fingerprint density at radius 1 is 0.927 bits per heavy atom. The van der Waals surface area contributed by atoms with Crippen LogP contribution in [0, 0.1) is 6.92 Å². The Hall–Kier alpha value is -3.54. The van der Waals surface area contributed by atoms with Crippen LogP contribution >= 0.6 is 23.1 Å². The molecular formula is C36H33N3S2. The van der Waals surface area contributed by atoms with Gasteiger partial charge in [0.2, 0.25) is 0 Å². The standard InChI is InChI=1S/C36H33N3S2/c1-4-39-31-12-8-7-11-27(31)28-16-14-24(18-32(28)39)36-38-30-20-33-29(19-34(30)41-36)37-35(40-33)23-13-15-26(22(3)17-23)25-10-6-5-9-21(25)2/h9-20,36,38H,4-8H2,1-3H3. The summed E-state index contributed by atoms with van der Waals surface area (Å²) in [5, 5.41) is 9.31. The third kappa shape index (κ3) is 4.12. The van der Waals surface area contributed by atoms with Crippen LogP contribution in [0.3, 0.4) is 0 Å². The minimum Gasteiger partial charge on any atom is -0.368 e. The Bertz CT molecular complexity index is 2030. The average Bonchev–Trinajstić information content (AvgIpc) is 3.68. The van der Waals surface area contributed by atoms with Crippen molar-refractivity contribution in [1.29, 1.82) is 0 Å². The van der Waals surface area contributed by atoms with Crippen molar-refractivity contribution in [3.8, 4) is 10.6 Å². The van der Waals surface area contributed by atoms with E-state index in [2.05, 4.69) is 103 Å². The van der Waals surface area contributed by atoms with Crippen molar-refractivity contribution in [3.63, 3.8) is 0 Å². The Kier molecular flexibility index (Phi) is 6.01. The highest BCUT2D eigenvalue weighted by molar-refractivity contribution is 8.00. The molecular weight excluding hydrogens is 539 g/mol. The molecule has 0 bridgehead atoms. The second-order valence-corrected chi connectivity index (χ2v) is 13.6. The quantitative estimate of drug-likeness (QED) is 0.234. The zero-order valence-corrected chi connectivity index (χ0v) is 25.4. The summed E-state index contributed by atoms with van der Waals surface area (Å²) in [6.45, 7) is 7.70. The monoisotopic (exact) mass is 571 g/mol. The third-order valence-electron chi connectivity index (χ3n) is 8.82. The molecule has 41 heavy (non-hydrogen) atoms. The van der Waals surface area contributed by atoms with Crippen molar-refractivity contribution >= 4 is 67.6 Å². The zero-order chi connectivity index (χ0) is 27.7. The molecule has 0 saturated heterocycles. The lowest BCUT2D eigenvalue weighted by molar-refractivity contribution is 0.765. The molecule has 0 fully saturated rings. The minimum absolute atomic E-state index is 0.206. The number of thioether (sulfide) groups is 1. The molecule has 1 atom stereocenters. The van der Waals surface area contributed by atoms with Gasteiger partial charge in [-0.15, -0.1) is 11.3 Å². The van der Waals surface area contributed by atoms with Crippen LogP contribution in [0.15, 0.2) is 71.2 Å². The average molecular weight is 572 g/mol. The topological polar surface area (TPSA) is 29.9 Å². The Morgan fingerprint density at radius 2 is 1.78 bits per heavy atom. The first-order valence-electron chi connectivity index (χ1n) is 14.8. The number of nitrogens with one attached hydrogen (secondary N) is 1. The van der Waals surface area contributed by atoms with Crippen LogP contribution in [0.5, 0.6) is 0 Å². The highest BCUT2D eigenvalue weighted by atomic mass is 32.2. The predicted octanol–water partition coefficient (Wildman–Crippen LogP) is 8.94. The summed E-state index contributed by atoms with van der Waals surface area (Å²) in [6, 6.07) is 18.5. The SMILES string of the molecule is CCn1c2c(c3ccc(C4Nc5cc6sc(-c7ccc(C8=CCCC=C8C)c(C)c7)nc6cc5S4)cc31)=CCCC=2. The molecule has 204 valence electrons. The maximum Gasteiger partial charge on any atom is 0.124 e. The van der Waals surface area contributed by atoms with Gasteiger partial charge in [0.05, 0.1) is 15.9 Å². The molecule has 0 amide bonds. The zero-order valence-electron chi connectivity index (χ0n) is 23.8. The number of aromatic nitrogens is 2. The van der Waals surface area contributed by atoms with E-state index in [1.165, 1.54) is 70.2 Å². The van der Waals surface area contributed by atoms with E-state index in [-0.39, 0.29) is 5.37 Å². The number of anilines is 1. The normalized spacial score (nSPS) is 17.9. The van der Waals surface area contributed by atoms with Crippen molar-refractivity contribution < 1.29 is 0 Å². The van der Waals surface area contributed by atoms with Gasteiger partial charge in [0, 0.05) is 38.5 Å². The Labute approximate surface area is 249 Å². The van der Waals surface area contributed by atoms with Crippen LogP contribution in [0.1, 0.15) is 61.6 Å². The van der Waals surface area contributed by atoms with E-state index in [0.29, 0.717) is 0 Å². The Balaban J connectivity index is 1.09. The highest BCUT2D eigenvalue weighted by Crippen LogP contribution is 2.49. The highest BCUT2D eigenvalue weighted by Gasteiger charge is 2.25. The van der Waals surface area contributed by atoms with Gasteiger partial charge in [-0.05, 0) is 98.6 Å². The fourth-order valence-corrected chi connectivity index (χ4v) is 8.89. The number of aryl methyl sites for hydroxylation is 2. The molecule has 1 N–H and O–H groups in total. The molecule has 3 nitrogen and oxygen atoms in total. The number of rotatable bonds is 4. The summed E-state index contributed by atoms with van der Waals surface area (Å²) in [4.78, 5) is 6.38. The van der Waals surface area contributed by atoms with E-state index >= 15 is 0 Å². The van der Waals surface area contributed by atoms with Gasteiger partial charge in [0.1, 0.15) is 10.4 Å². The number of thiazole rings is 1. The second kappa shape index (κ2) is 9.78. The predicted molar refractivity (Wildman–Crippen MR) is 178 cm³/mol. The number of nitrogens with zero attached hydrogens (tertiary/aromatic N) is 2. The molecule has 3 aliphatic rings. The largest absolute Gasteiger partial charge is 0.368 e. The number of hydrogen-bond acceptors (Lipinski definition) is 4.